The number of benzene rings is 1. The van der Waals surface area contributed by atoms with Gasteiger partial charge in [-0.05, 0) is 63.6 Å². The minimum absolute atomic E-state index is 0.269. The molecule has 0 fully saturated rings. The minimum atomic E-state index is -4.26. The van der Waals surface area contributed by atoms with E-state index in [1.807, 2.05) is 4.72 Å². The van der Waals surface area contributed by atoms with Crippen LogP contribution in [-0.2, 0) is 34.9 Å². The fraction of sp³-hybridized carbons (Fsp3) is 0.476. The van der Waals surface area contributed by atoms with E-state index in [9.17, 15) is 18.3 Å². The van der Waals surface area contributed by atoms with Gasteiger partial charge in [0.05, 0.1) is 17.9 Å². The number of aryl methyl sites for hydroxylation is 1. The number of amides is 2. The zero-order valence-corrected chi connectivity index (χ0v) is 18.3. The summed E-state index contributed by atoms with van der Waals surface area (Å²) in [6, 6.07) is 0.347. The van der Waals surface area contributed by atoms with Gasteiger partial charge >= 0.3 is 6.03 Å². The highest BCUT2D eigenvalue weighted by atomic mass is 32.2. The Hall–Kier alpha value is -2.52. The van der Waals surface area contributed by atoms with Crippen molar-refractivity contribution in [2.75, 3.05) is 11.9 Å². The van der Waals surface area contributed by atoms with Crippen molar-refractivity contribution in [1.82, 2.24) is 4.72 Å². The number of hydrogen-bond acceptors (Lipinski definition) is 6. The first-order valence-corrected chi connectivity index (χ1v) is 11.4. The molecule has 162 valence electrons. The molecule has 0 saturated heterocycles. The van der Waals surface area contributed by atoms with Crippen molar-refractivity contribution in [2.24, 2.45) is 0 Å². The van der Waals surface area contributed by atoms with Crippen molar-refractivity contribution in [2.45, 2.75) is 64.1 Å². The quantitative estimate of drug-likeness (QED) is 0.681. The van der Waals surface area contributed by atoms with Crippen LogP contribution in [0.5, 0.6) is 5.75 Å². The van der Waals surface area contributed by atoms with Crippen molar-refractivity contribution in [3.05, 3.63) is 39.6 Å². The van der Waals surface area contributed by atoms with Crippen LogP contribution in [0.4, 0.5) is 10.5 Å². The van der Waals surface area contributed by atoms with Crippen LogP contribution in [-0.4, -0.2) is 26.2 Å². The fourth-order valence-corrected chi connectivity index (χ4v) is 5.33. The van der Waals surface area contributed by atoms with Gasteiger partial charge in [0, 0.05) is 23.6 Å². The number of sulfonamides is 1. The summed E-state index contributed by atoms with van der Waals surface area (Å²) in [5, 5.41) is 12.4. The number of rotatable bonds is 4. The summed E-state index contributed by atoms with van der Waals surface area (Å²) in [6.07, 6.45) is 3.50. The molecule has 0 bridgehead atoms. The van der Waals surface area contributed by atoms with E-state index >= 15 is 0 Å². The van der Waals surface area contributed by atoms with Crippen LogP contribution in [0.3, 0.4) is 0 Å². The summed E-state index contributed by atoms with van der Waals surface area (Å²) < 4.78 is 38.4. The fourth-order valence-electron chi connectivity index (χ4n) is 4.43. The summed E-state index contributed by atoms with van der Waals surface area (Å²) in [6.45, 7) is 7.23. The van der Waals surface area contributed by atoms with Gasteiger partial charge in [-0.15, -0.1) is 0 Å². The van der Waals surface area contributed by atoms with E-state index in [0.29, 0.717) is 23.6 Å². The normalized spacial score (nSPS) is 15.5. The molecule has 1 aromatic carbocycles. The molecule has 9 heteroatoms. The molecule has 3 N–H and O–H groups in total. The van der Waals surface area contributed by atoms with E-state index in [1.54, 1.807) is 6.92 Å². The average Bonchev–Trinajstić information content (AvgIpc) is 3.36. The lowest BCUT2D eigenvalue weighted by Crippen LogP contribution is -2.34. The Morgan fingerprint density at radius 2 is 1.83 bits per heavy atom. The molecule has 2 amide bonds. The Bertz CT molecular complexity index is 1110. The maximum atomic E-state index is 12.7. The third-order valence-corrected chi connectivity index (χ3v) is 6.99. The molecule has 0 spiro atoms. The number of furan rings is 1. The second kappa shape index (κ2) is 7.02. The van der Waals surface area contributed by atoms with Crippen LogP contribution in [0.25, 0.3) is 0 Å². The van der Waals surface area contributed by atoms with Crippen molar-refractivity contribution in [3.63, 3.8) is 0 Å². The van der Waals surface area contributed by atoms with Gasteiger partial charge in [0.2, 0.25) is 5.09 Å². The second-order valence-electron chi connectivity index (χ2n) is 8.37. The summed E-state index contributed by atoms with van der Waals surface area (Å²) in [7, 11) is -4.26. The third-order valence-electron chi connectivity index (χ3n) is 5.81. The molecule has 0 radical (unpaired) electrons. The van der Waals surface area contributed by atoms with E-state index in [-0.39, 0.29) is 5.76 Å². The Kier molecular flexibility index (Phi) is 4.85. The number of aliphatic hydroxyl groups is 1. The van der Waals surface area contributed by atoms with Crippen molar-refractivity contribution < 1.29 is 27.5 Å². The SMILES string of the molecule is Cc1oc(S(=O)(=O)NC(=O)Nc2c3c(c(C)c4c2OCC4)CCC3)cc1C(C)(C)O. The first-order chi connectivity index (χ1) is 14.0. The number of carbonyl (C=O) groups is 1. The molecule has 0 unspecified atom stereocenters. The Balaban J connectivity index is 1.61. The van der Waals surface area contributed by atoms with Gasteiger partial charge in [0.25, 0.3) is 10.0 Å². The minimum Gasteiger partial charge on any atom is -0.491 e. The average molecular weight is 435 g/mol. The summed E-state index contributed by atoms with van der Waals surface area (Å²) in [5.74, 6) is 0.907. The molecule has 1 aliphatic carbocycles. The molecule has 4 rings (SSSR count). The standard InChI is InChI=1S/C21H26N2O6S/c1-11-13-6-5-7-15(13)18(19-14(11)8-9-28-19)22-20(24)23-30(26,27)17-10-16(12(2)29-17)21(3,4)25/h10,25H,5-9H2,1-4H3,(H2,22,23,24). The van der Waals surface area contributed by atoms with E-state index < -0.39 is 26.7 Å². The lowest BCUT2D eigenvalue weighted by Gasteiger charge is -2.17. The monoisotopic (exact) mass is 434 g/mol. The van der Waals surface area contributed by atoms with E-state index in [0.717, 1.165) is 36.8 Å². The molecule has 2 aromatic rings. The van der Waals surface area contributed by atoms with Gasteiger partial charge in [0.15, 0.2) is 0 Å². The highest BCUT2D eigenvalue weighted by molar-refractivity contribution is 7.89. The summed E-state index contributed by atoms with van der Waals surface area (Å²) >= 11 is 0. The molecular weight excluding hydrogens is 408 g/mol. The molecule has 2 heterocycles. The number of nitrogens with one attached hydrogen (secondary N) is 2. The molecule has 1 aromatic heterocycles. The van der Waals surface area contributed by atoms with Crippen LogP contribution < -0.4 is 14.8 Å². The van der Waals surface area contributed by atoms with Crippen molar-refractivity contribution in [1.29, 1.82) is 0 Å². The van der Waals surface area contributed by atoms with Gasteiger partial charge < -0.3 is 19.6 Å². The van der Waals surface area contributed by atoms with Crippen LogP contribution >= 0.6 is 0 Å². The number of hydrogen-bond donors (Lipinski definition) is 3. The first kappa shape index (κ1) is 20.7. The molecule has 8 nitrogen and oxygen atoms in total. The lowest BCUT2D eigenvalue weighted by molar-refractivity contribution is 0.0769. The Morgan fingerprint density at radius 1 is 1.13 bits per heavy atom. The Morgan fingerprint density at radius 3 is 2.50 bits per heavy atom. The number of fused-ring (bicyclic) bond motifs is 2. The van der Waals surface area contributed by atoms with Crippen LogP contribution in [0.15, 0.2) is 15.6 Å². The molecule has 1 aliphatic heterocycles. The summed E-state index contributed by atoms with van der Waals surface area (Å²) in [4.78, 5) is 12.6. The second-order valence-corrected chi connectivity index (χ2v) is 9.98. The van der Waals surface area contributed by atoms with Gasteiger partial charge in [0.1, 0.15) is 11.5 Å². The van der Waals surface area contributed by atoms with Crippen LogP contribution in [0.2, 0.25) is 0 Å². The number of ether oxygens (including phenoxy) is 1. The molecule has 0 atom stereocenters. The van der Waals surface area contributed by atoms with Crippen LogP contribution in [0, 0.1) is 13.8 Å². The smallest absolute Gasteiger partial charge is 0.333 e. The molecule has 0 saturated carbocycles. The maximum absolute atomic E-state index is 12.7. The molecular formula is C21H26N2O6S. The topological polar surface area (TPSA) is 118 Å². The van der Waals surface area contributed by atoms with Crippen molar-refractivity contribution in [3.8, 4) is 5.75 Å². The van der Waals surface area contributed by atoms with E-state index in [4.69, 9.17) is 9.15 Å². The number of urea groups is 1. The Labute approximate surface area is 175 Å². The van der Waals surface area contributed by atoms with Gasteiger partial charge in [-0.3, -0.25) is 0 Å². The predicted octanol–water partition coefficient (Wildman–Crippen LogP) is 3.06. The van der Waals surface area contributed by atoms with Crippen molar-refractivity contribution >= 4 is 21.7 Å². The molecule has 2 aliphatic rings. The van der Waals surface area contributed by atoms with Gasteiger partial charge in [-0.2, -0.15) is 8.42 Å². The van der Waals surface area contributed by atoms with E-state index in [2.05, 4.69) is 12.2 Å². The lowest BCUT2D eigenvalue weighted by atomic mass is 9.95. The highest BCUT2D eigenvalue weighted by Gasteiger charge is 2.32. The first-order valence-electron chi connectivity index (χ1n) is 9.96. The largest absolute Gasteiger partial charge is 0.491 e. The highest BCUT2D eigenvalue weighted by Crippen LogP contribution is 2.44. The number of carbonyl (C=O) groups excluding carboxylic acids is 1. The van der Waals surface area contributed by atoms with Gasteiger partial charge in [-0.25, -0.2) is 9.52 Å². The predicted molar refractivity (Wildman–Crippen MR) is 110 cm³/mol. The van der Waals surface area contributed by atoms with E-state index in [1.165, 1.54) is 31.0 Å². The zero-order valence-electron chi connectivity index (χ0n) is 17.5. The zero-order chi connectivity index (χ0) is 21.8. The maximum Gasteiger partial charge on any atom is 0.333 e. The van der Waals surface area contributed by atoms with Gasteiger partial charge in [-0.1, -0.05) is 0 Å². The number of anilines is 1. The van der Waals surface area contributed by atoms with Crippen LogP contribution in [0.1, 0.15) is 53.8 Å². The molecule has 30 heavy (non-hydrogen) atoms. The third kappa shape index (κ3) is 3.45. The summed E-state index contributed by atoms with van der Waals surface area (Å²) in [5.41, 5.74) is 4.13.